The Bertz CT molecular complexity index is 392. The number of benzene rings is 1. The Labute approximate surface area is 109 Å². The monoisotopic (exact) mass is 247 g/mol. The predicted molar refractivity (Wildman–Crippen MR) is 76.3 cm³/mol. The third-order valence-corrected chi connectivity index (χ3v) is 4.31. The second kappa shape index (κ2) is 5.63. The first kappa shape index (κ1) is 12.6. The van der Waals surface area contributed by atoms with Crippen LogP contribution < -0.4 is 0 Å². The summed E-state index contributed by atoms with van der Waals surface area (Å²) in [6, 6.07) is 8.68. The first-order valence-electron chi connectivity index (χ1n) is 6.39. The molecule has 1 nitrogen and oxygen atoms in total. The van der Waals surface area contributed by atoms with Crippen molar-refractivity contribution in [1.82, 2.24) is 4.90 Å². The first-order chi connectivity index (χ1) is 8.18. The summed E-state index contributed by atoms with van der Waals surface area (Å²) in [4.78, 5) is 3.77. The second-order valence-corrected chi connectivity index (χ2v) is 6.00. The topological polar surface area (TPSA) is 3.24 Å². The summed E-state index contributed by atoms with van der Waals surface area (Å²) in [6.07, 6.45) is 2.62. The smallest absolute Gasteiger partial charge is 0.0682 e. The second-order valence-electron chi connectivity index (χ2n) is 4.88. The van der Waals surface area contributed by atoms with Gasteiger partial charge in [-0.25, -0.2) is 0 Å². The van der Waals surface area contributed by atoms with E-state index in [1.165, 1.54) is 41.4 Å². The average molecular weight is 247 g/mol. The van der Waals surface area contributed by atoms with Crippen molar-refractivity contribution in [3.8, 4) is 0 Å². The summed E-state index contributed by atoms with van der Waals surface area (Å²) in [5, 5.41) is 1.20. The van der Waals surface area contributed by atoms with E-state index in [4.69, 9.17) is 0 Å². The zero-order valence-electron chi connectivity index (χ0n) is 10.8. The highest BCUT2D eigenvalue weighted by Gasteiger charge is 2.15. The van der Waals surface area contributed by atoms with E-state index in [2.05, 4.69) is 49.6 Å². The molecule has 0 atom stereocenters. The van der Waals surface area contributed by atoms with Crippen LogP contribution in [0.3, 0.4) is 0 Å². The van der Waals surface area contributed by atoms with Gasteiger partial charge in [-0.15, -0.1) is 0 Å². The van der Waals surface area contributed by atoms with Gasteiger partial charge in [0.1, 0.15) is 0 Å². The Morgan fingerprint density at radius 1 is 1.24 bits per heavy atom. The van der Waals surface area contributed by atoms with Crippen LogP contribution in [0.1, 0.15) is 38.2 Å². The molecule has 2 rings (SSSR count). The molecule has 17 heavy (non-hydrogen) atoms. The minimum atomic E-state index is 0.574. The van der Waals surface area contributed by atoms with Gasteiger partial charge in [0.2, 0.25) is 0 Å². The number of nitrogens with zero attached hydrogens (tertiary/aromatic N) is 1. The molecular formula is C15H21NS. The maximum Gasteiger partial charge on any atom is 0.0682 e. The fourth-order valence-corrected chi connectivity index (χ4v) is 3.34. The first-order valence-corrected chi connectivity index (χ1v) is 7.21. The summed E-state index contributed by atoms with van der Waals surface area (Å²) >= 11 is 1.83. The van der Waals surface area contributed by atoms with Crippen molar-refractivity contribution in [2.75, 3.05) is 13.1 Å². The highest BCUT2D eigenvalue weighted by Crippen LogP contribution is 2.35. The van der Waals surface area contributed by atoms with Gasteiger partial charge in [-0.2, -0.15) is 0 Å². The molecule has 1 fully saturated rings. The molecule has 2 heteroatoms. The largest absolute Gasteiger partial charge is 0.367 e. The van der Waals surface area contributed by atoms with Gasteiger partial charge >= 0.3 is 0 Å². The van der Waals surface area contributed by atoms with E-state index in [-0.39, 0.29) is 0 Å². The van der Waals surface area contributed by atoms with Gasteiger partial charge in [0.15, 0.2) is 0 Å². The molecule has 0 N–H and O–H groups in total. The van der Waals surface area contributed by atoms with Gasteiger partial charge in [0.05, 0.1) is 5.03 Å². The lowest BCUT2D eigenvalue weighted by molar-refractivity contribution is 0.458. The summed E-state index contributed by atoms with van der Waals surface area (Å²) in [6.45, 7) is 11.1. The molecule has 1 aromatic carbocycles. The minimum Gasteiger partial charge on any atom is -0.367 e. The van der Waals surface area contributed by atoms with E-state index in [1.54, 1.807) is 0 Å². The van der Waals surface area contributed by atoms with Crippen LogP contribution in [-0.4, -0.2) is 18.0 Å². The van der Waals surface area contributed by atoms with E-state index in [0.29, 0.717) is 5.92 Å². The fraction of sp³-hybridized carbons (Fsp3) is 0.467. The number of likely N-dealkylation sites (tertiary alicyclic amines) is 1. The third kappa shape index (κ3) is 3.06. The molecule has 0 aliphatic carbocycles. The van der Waals surface area contributed by atoms with Gasteiger partial charge in [-0.3, -0.25) is 0 Å². The molecule has 1 saturated heterocycles. The lowest BCUT2D eigenvalue weighted by atomic mass is 10.0. The molecule has 1 aliphatic heterocycles. The van der Waals surface area contributed by atoms with E-state index < -0.39 is 0 Å². The quantitative estimate of drug-likeness (QED) is 0.722. The molecule has 1 aliphatic rings. The van der Waals surface area contributed by atoms with Crippen molar-refractivity contribution in [3.63, 3.8) is 0 Å². The lowest BCUT2D eigenvalue weighted by Gasteiger charge is -2.21. The molecular weight excluding hydrogens is 226 g/mol. The molecule has 1 heterocycles. The van der Waals surface area contributed by atoms with Crippen LogP contribution in [0.5, 0.6) is 0 Å². The van der Waals surface area contributed by atoms with Gasteiger partial charge in [0, 0.05) is 18.0 Å². The standard InChI is InChI=1S/C15H21NS/c1-12(2)14-8-4-5-9-15(14)17-13(3)16-10-6-7-11-16/h4-5,8-9,12H,3,6-7,10-11H2,1-2H3. The zero-order chi connectivity index (χ0) is 12.3. The summed E-state index contributed by atoms with van der Waals surface area (Å²) in [5.74, 6) is 0.574. The summed E-state index contributed by atoms with van der Waals surface area (Å²) in [5.41, 5.74) is 1.43. The van der Waals surface area contributed by atoms with Crippen LogP contribution in [0, 0.1) is 0 Å². The van der Waals surface area contributed by atoms with Crippen molar-refractivity contribution in [2.45, 2.75) is 37.5 Å². The highest BCUT2D eigenvalue weighted by molar-refractivity contribution is 8.03. The normalized spacial score (nSPS) is 15.6. The molecule has 0 aromatic heterocycles. The molecule has 92 valence electrons. The molecule has 0 amide bonds. The van der Waals surface area contributed by atoms with Crippen molar-refractivity contribution in [2.24, 2.45) is 0 Å². The fourth-order valence-electron chi connectivity index (χ4n) is 2.21. The Kier molecular flexibility index (Phi) is 4.16. The highest BCUT2D eigenvalue weighted by atomic mass is 32.2. The van der Waals surface area contributed by atoms with Crippen molar-refractivity contribution >= 4 is 11.8 Å². The van der Waals surface area contributed by atoms with Gasteiger partial charge in [-0.1, -0.05) is 50.4 Å². The molecule has 0 spiro atoms. The van der Waals surface area contributed by atoms with E-state index in [1.807, 2.05) is 11.8 Å². The van der Waals surface area contributed by atoms with Crippen LogP contribution in [0.25, 0.3) is 0 Å². The van der Waals surface area contributed by atoms with E-state index in [0.717, 1.165) is 0 Å². The average Bonchev–Trinajstić information content (AvgIpc) is 2.83. The van der Waals surface area contributed by atoms with Crippen LogP contribution in [0.2, 0.25) is 0 Å². The maximum atomic E-state index is 4.22. The van der Waals surface area contributed by atoms with Crippen molar-refractivity contribution in [1.29, 1.82) is 0 Å². The summed E-state index contributed by atoms with van der Waals surface area (Å²) in [7, 11) is 0. The van der Waals surface area contributed by atoms with Crippen LogP contribution >= 0.6 is 11.8 Å². The molecule has 0 bridgehead atoms. The number of hydrogen-bond acceptors (Lipinski definition) is 2. The lowest BCUT2D eigenvalue weighted by Crippen LogP contribution is -2.15. The molecule has 0 saturated carbocycles. The minimum absolute atomic E-state index is 0.574. The van der Waals surface area contributed by atoms with Crippen LogP contribution in [-0.2, 0) is 0 Å². The molecule has 0 radical (unpaired) electrons. The molecule has 1 aromatic rings. The SMILES string of the molecule is C=C(Sc1ccccc1C(C)C)N1CCCC1. The maximum absolute atomic E-state index is 4.22. The van der Waals surface area contributed by atoms with E-state index >= 15 is 0 Å². The number of hydrogen-bond donors (Lipinski definition) is 0. The van der Waals surface area contributed by atoms with Gasteiger partial charge < -0.3 is 4.90 Å². The van der Waals surface area contributed by atoms with Crippen LogP contribution in [0.15, 0.2) is 40.8 Å². The van der Waals surface area contributed by atoms with E-state index in [9.17, 15) is 0 Å². The zero-order valence-corrected chi connectivity index (χ0v) is 11.6. The van der Waals surface area contributed by atoms with Gasteiger partial charge in [0.25, 0.3) is 0 Å². The Balaban J connectivity index is 2.09. The van der Waals surface area contributed by atoms with Crippen molar-refractivity contribution < 1.29 is 0 Å². The predicted octanol–water partition coefficient (Wildman–Crippen LogP) is 4.47. The number of thioether (sulfide) groups is 1. The Hall–Kier alpha value is -0.890. The summed E-state index contributed by atoms with van der Waals surface area (Å²) < 4.78 is 0. The molecule has 0 unspecified atom stereocenters. The number of rotatable bonds is 4. The van der Waals surface area contributed by atoms with Crippen LogP contribution in [0.4, 0.5) is 0 Å². The van der Waals surface area contributed by atoms with Gasteiger partial charge in [-0.05, 0) is 30.4 Å². The Morgan fingerprint density at radius 2 is 1.88 bits per heavy atom. The third-order valence-electron chi connectivity index (χ3n) is 3.23. The van der Waals surface area contributed by atoms with Crippen molar-refractivity contribution in [3.05, 3.63) is 41.4 Å². The Morgan fingerprint density at radius 3 is 2.53 bits per heavy atom.